The Labute approximate surface area is 129 Å². The maximum absolute atomic E-state index is 12.9. The zero-order chi connectivity index (χ0) is 16.5. The summed E-state index contributed by atoms with van der Waals surface area (Å²) in [7, 11) is -3.88. The summed E-state index contributed by atoms with van der Waals surface area (Å²) in [5.41, 5.74) is 1.42. The third kappa shape index (κ3) is 2.62. The summed E-state index contributed by atoms with van der Waals surface area (Å²) in [5.74, 6) is 0. The van der Waals surface area contributed by atoms with Gasteiger partial charge in [-0.25, -0.2) is 4.68 Å². The van der Waals surface area contributed by atoms with Crippen LogP contribution in [0.4, 0.5) is 0 Å². The van der Waals surface area contributed by atoms with E-state index in [0.717, 1.165) is 14.3 Å². The van der Waals surface area contributed by atoms with Crippen LogP contribution < -0.4 is 5.56 Å². The second-order valence-corrected chi connectivity index (χ2v) is 6.90. The molecule has 2 rings (SSSR count). The molecule has 22 heavy (non-hydrogen) atoms. The first-order valence-electron chi connectivity index (χ1n) is 7.09. The van der Waals surface area contributed by atoms with Gasteiger partial charge in [0.05, 0.1) is 23.7 Å². The van der Waals surface area contributed by atoms with Crippen LogP contribution in [0.25, 0.3) is 0 Å². The molecule has 7 heteroatoms. The summed E-state index contributed by atoms with van der Waals surface area (Å²) in [6.45, 7) is 4.91. The fraction of sp³-hybridized carbons (Fsp3) is 0.400. The highest BCUT2D eigenvalue weighted by Crippen LogP contribution is 2.18. The van der Waals surface area contributed by atoms with Gasteiger partial charge in [-0.15, -0.1) is 0 Å². The minimum absolute atomic E-state index is 0.0647. The highest BCUT2D eigenvalue weighted by atomic mass is 32.2. The maximum atomic E-state index is 12.9. The van der Waals surface area contributed by atoms with Gasteiger partial charge in [0.2, 0.25) is 0 Å². The van der Waals surface area contributed by atoms with Crippen molar-refractivity contribution in [3.8, 4) is 0 Å². The Kier molecular flexibility index (Phi) is 4.58. The fourth-order valence-electron chi connectivity index (χ4n) is 2.50. The van der Waals surface area contributed by atoms with Crippen molar-refractivity contribution >= 4 is 10.0 Å². The number of hydrogen-bond donors (Lipinski definition) is 1. The molecule has 0 aliphatic heterocycles. The number of aryl methyl sites for hydroxylation is 1. The molecule has 0 fully saturated rings. The van der Waals surface area contributed by atoms with E-state index in [9.17, 15) is 13.2 Å². The van der Waals surface area contributed by atoms with Gasteiger partial charge in [-0.1, -0.05) is 24.6 Å². The largest absolute Gasteiger partial charge is 0.394 e. The topological polar surface area (TPSA) is 81.3 Å². The van der Waals surface area contributed by atoms with Crippen LogP contribution in [0.1, 0.15) is 23.7 Å². The first-order valence-corrected chi connectivity index (χ1v) is 8.53. The summed E-state index contributed by atoms with van der Waals surface area (Å²) in [6.07, 6.45) is 0.437. The van der Waals surface area contributed by atoms with Crippen LogP contribution in [0.2, 0.25) is 0 Å². The van der Waals surface area contributed by atoms with Crippen LogP contribution in [-0.2, 0) is 23.0 Å². The number of aliphatic hydroxyl groups is 1. The van der Waals surface area contributed by atoms with Crippen LogP contribution in [-0.4, -0.2) is 28.9 Å². The molecule has 0 amide bonds. The van der Waals surface area contributed by atoms with Crippen LogP contribution >= 0.6 is 0 Å². The van der Waals surface area contributed by atoms with E-state index < -0.39 is 10.0 Å². The predicted octanol–water partition coefficient (Wildman–Crippen LogP) is 1.06. The summed E-state index contributed by atoms with van der Waals surface area (Å²) >= 11 is 0. The molecule has 0 spiro atoms. The average Bonchev–Trinajstić information content (AvgIpc) is 2.71. The minimum Gasteiger partial charge on any atom is -0.394 e. The number of nitrogens with zero attached hydrogens (tertiary/aromatic N) is 2. The van der Waals surface area contributed by atoms with Crippen LogP contribution in [0, 0.1) is 13.8 Å². The van der Waals surface area contributed by atoms with Crippen LogP contribution in [0.15, 0.2) is 34.0 Å². The molecule has 2 aromatic rings. The minimum atomic E-state index is -3.88. The van der Waals surface area contributed by atoms with E-state index in [4.69, 9.17) is 5.11 Å². The first-order chi connectivity index (χ1) is 10.3. The first kappa shape index (κ1) is 16.5. The standard InChI is InChI=1S/C15H20N2O4S/c1-4-14-12(3)17(16(9-10-18)15(14)19)22(20,21)13-7-5-11(2)6-8-13/h5-8,18H,4,9-10H2,1-3H3. The molecule has 6 nitrogen and oxygen atoms in total. The van der Waals surface area contributed by atoms with Crippen molar-refractivity contribution in [3.05, 3.63) is 51.4 Å². The SMILES string of the molecule is CCc1c(C)n(S(=O)(=O)c2ccc(C)cc2)n(CCO)c1=O. The lowest BCUT2D eigenvalue weighted by Crippen LogP contribution is -2.30. The van der Waals surface area contributed by atoms with Crippen molar-refractivity contribution in [2.45, 2.75) is 38.6 Å². The lowest BCUT2D eigenvalue weighted by Gasteiger charge is -2.13. The van der Waals surface area contributed by atoms with Gasteiger partial charge < -0.3 is 5.11 Å². The Balaban J connectivity index is 2.75. The lowest BCUT2D eigenvalue weighted by molar-refractivity contribution is 0.264. The molecule has 1 heterocycles. The number of aromatic nitrogens is 2. The number of hydrogen-bond acceptors (Lipinski definition) is 4. The van der Waals surface area contributed by atoms with Crippen LogP contribution in [0.3, 0.4) is 0 Å². The second-order valence-electron chi connectivity index (χ2n) is 5.13. The van der Waals surface area contributed by atoms with E-state index >= 15 is 0 Å². The van der Waals surface area contributed by atoms with Crippen molar-refractivity contribution in [2.24, 2.45) is 0 Å². The molecule has 0 unspecified atom stereocenters. The molecule has 1 aromatic heterocycles. The van der Waals surface area contributed by atoms with Gasteiger partial charge in [0.25, 0.3) is 15.6 Å². The smallest absolute Gasteiger partial charge is 0.281 e. The summed E-state index contributed by atoms with van der Waals surface area (Å²) in [5, 5.41) is 9.15. The summed E-state index contributed by atoms with van der Waals surface area (Å²) < 4.78 is 27.8. The molecule has 0 aliphatic carbocycles. The van der Waals surface area contributed by atoms with E-state index in [1.54, 1.807) is 26.0 Å². The number of aliphatic hydroxyl groups excluding tert-OH is 1. The monoisotopic (exact) mass is 324 g/mol. The van der Waals surface area contributed by atoms with Crippen molar-refractivity contribution < 1.29 is 13.5 Å². The van der Waals surface area contributed by atoms with Gasteiger partial charge in [0, 0.05) is 5.56 Å². The number of benzene rings is 1. The Morgan fingerprint density at radius 3 is 2.23 bits per heavy atom. The third-order valence-electron chi connectivity index (χ3n) is 3.65. The van der Waals surface area contributed by atoms with Crippen LogP contribution in [0.5, 0.6) is 0 Å². The van der Waals surface area contributed by atoms with E-state index in [1.165, 1.54) is 12.1 Å². The Bertz CT molecular complexity index is 830. The lowest BCUT2D eigenvalue weighted by atomic mass is 10.2. The quantitative estimate of drug-likeness (QED) is 0.891. The maximum Gasteiger partial charge on any atom is 0.281 e. The zero-order valence-electron chi connectivity index (χ0n) is 12.9. The van der Waals surface area contributed by atoms with Gasteiger partial charge in [-0.3, -0.25) is 4.79 Å². The molecule has 1 N–H and O–H groups in total. The molecule has 0 aliphatic rings. The highest BCUT2D eigenvalue weighted by molar-refractivity contribution is 7.89. The van der Waals surface area contributed by atoms with E-state index in [1.807, 2.05) is 6.92 Å². The van der Waals surface area contributed by atoms with Crippen molar-refractivity contribution in [2.75, 3.05) is 6.61 Å². The summed E-state index contributed by atoms with van der Waals surface area (Å²) in [6, 6.07) is 6.45. The van der Waals surface area contributed by atoms with Gasteiger partial charge in [-0.05, 0) is 32.4 Å². The highest BCUT2D eigenvalue weighted by Gasteiger charge is 2.26. The zero-order valence-corrected chi connectivity index (χ0v) is 13.7. The molecule has 120 valence electrons. The second kappa shape index (κ2) is 6.10. The van der Waals surface area contributed by atoms with Crippen molar-refractivity contribution in [1.82, 2.24) is 8.77 Å². The predicted molar refractivity (Wildman–Crippen MR) is 83.7 cm³/mol. The molecule has 0 saturated carbocycles. The molecular formula is C15H20N2O4S. The number of rotatable bonds is 5. The van der Waals surface area contributed by atoms with Gasteiger partial charge in [-0.2, -0.15) is 12.5 Å². The molecular weight excluding hydrogens is 304 g/mol. The van der Waals surface area contributed by atoms with Crippen molar-refractivity contribution in [3.63, 3.8) is 0 Å². The molecule has 1 aromatic carbocycles. The van der Waals surface area contributed by atoms with E-state index in [0.29, 0.717) is 17.7 Å². The average molecular weight is 324 g/mol. The molecule has 0 saturated heterocycles. The fourth-order valence-corrected chi connectivity index (χ4v) is 4.07. The molecule has 0 radical (unpaired) electrons. The van der Waals surface area contributed by atoms with Crippen molar-refractivity contribution in [1.29, 1.82) is 0 Å². The van der Waals surface area contributed by atoms with Gasteiger partial charge in [0.15, 0.2) is 0 Å². The Hall–Kier alpha value is -1.86. The molecule has 0 bridgehead atoms. The van der Waals surface area contributed by atoms with E-state index in [-0.39, 0.29) is 23.6 Å². The Morgan fingerprint density at radius 1 is 1.14 bits per heavy atom. The van der Waals surface area contributed by atoms with Gasteiger partial charge >= 0.3 is 0 Å². The Morgan fingerprint density at radius 2 is 1.73 bits per heavy atom. The normalized spacial score (nSPS) is 11.8. The molecule has 0 atom stereocenters. The van der Waals surface area contributed by atoms with Gasteiger partial charge in [0.1, 0.15) is 0 Å². The summed E-state index contributed by atoms with van der Waals surface area (Å²) in [4.78, 5) is 12.4. The van der Waals surface area contributed by atoms with E-state index in [2.05, 4.69) is 0 Å². The third-order valence-corrected chi connectivity index (χ3v) is 5.44.